The first kappa shape index (κ1) is 15.4. The molecule has 1 N–H and O–H groups in total. The largest absolute Gasteiger partial charge is 0.369 e. The van der Waals surface area contributed by atoms with Gasteiger partial charge in [-0.15, -0.1) is 0 Å². The molecule has 2 rings (SSSR count). The van der Waals surface area contributed by atoms with Gasteiger partial charge in [-0.1, -0.05) is 44.4 Å². The van der Waals surface area contributed by atoms with Gasteiger partial charge in [-0.2, -0.15) is 0 Å². The van der Waals surface area contributed by atoms with Crippen LogP contribution in [0.3, 0.4) is 0 Å². The molecule has 2 nitrogen and oxygen atoms in total. The van der Waals surface area contributed by atoms with Crippen LogP contribution in [0, 0.1) is 0 Å². The molecule has 1 fully saturated rings. The maximum absolute atomic E-state index is 3.56. The van der Waals surface area contributed by atoms with Crippen LogP contribution in [0.5, 0.6) is 0 Å². The van der Waals surface area contributed by atoms with Crippen molar-refractivity contribution in [2.75, 3.05) is 18.0 Å². The van der Waals surface area contributed by atoms with Crippen molar-refractivity contribution in [1.29, 1.82) is 0 Å². The molecule has 0 saturated heterocycles. The van der Waals surface area contributed by atoms with Crippen LogP contribution in [0.25, 0.3) is 0 Å². The first-order valence-electron chi connectivity index (χ1n) is 8.36. The summed E-state index contributed by atoms with van der Waals surface area (Å²) in [5, 5.41) is 3.56. The van der Waals surface area contributed by atoms with Crippen molar-refractivity contribution in [3.63, 3.8) is 0 Å². The van der Waals surface area contributed by atoms with Crippen LogP contribution < -0.4 is 10.2 Å². The minimum Gasteiger partial charge on any atom is -0.369 e. The number of nitrogens with one attached hydrogen (secondary N) is 1. The van der Waals surface area contributed by atoms with Crippen molar-refractivity contribution >= 4 is 5.69 Å². The topological polar surface area (TPSA) is 15.3 Å². The number of hydrogen-bond acceptors (Lipinski definition) is 2. The van der Waals surface area contributed by atoms with Gasteiger partial charge in [-0.3, -0.25) is 0 Å². The Morgan fingerprint density at radius 2 is 1.85 bits per heavy atom. The number of para-hydroxylation sites is 1. The normalized spacial score (nSPS) is 17.9. The summed E-state index contributed by atoms with van der Waals surface area (Å²) in [5.74, 6) is 0. The molecule has 1 saturated carbocycles. The van der Waals surface area contributed by atoms with Crippen LogP contribution in [0.2, 0.25) is 0 Å². The Morgan fingerprint density at radius 3 is 2.50 bits per heavy atom. The van der Waals surface area contributed by atoms with E-state index in [2.05, 4.69) is 55.3 Å². The van der Waals surface area contributed by atoms with Crippen LogP contribution in [0.15, 0.2) is 24.3 Å². The molecule has 0 spiro atoms. The third kappa shape index (κ3) is 3.54. The average molecular weight is 274 g/mol. The highest BCUT2D eigenvalue weighted by atomic mass is 15.2. The first-order chi connectivity index (χ1) is 9.77. The number of benzene rings is 1. The summed E-state index contributed by atoms with van der Waals surface area (Å²) in [6, 6.07) is 10.1. The maximum Gasteiger partial charge on any atom is 0.0417 e. The van der Waals surface area contributed by atoms with Crippen molar-refractivity contribution in [2.24, 2.45) is 0 Å². The highest BCUT2D eigenvalue weighted by molar-refractivity contribution is 5.55. The Balaban J connectivity index is 2.24. The van der Waals surface area contributed by atoms with E-state index in [-0.39, 0.29) is 0 Å². The summed E-state index contributed by atoms with van der Waals surface area (Å²) in [5.41, 5.74) is 2.89. The highest BCUT2D eigenvalue weighted by Gasteiger charge is 2.22. The van der Waals surface area contributed by atoms with Gasteiger partial charge in [0.15, 0.2) is 0 Å². The highest BCUT2D eigenvalue weighted by Crippen LogP contribution is 2.32. The van der Waals surface area contributed by atoms with Crippen LogP contribution in [-0.2, 0) is 0 Å². The second-order valence-corrected chi connectivity index (χ2v) is 5.92. The van der Waals surface area contributed by atoms with Crippen LogP contribution in [-0.4, -0.2) is 19.1 Å². The molecule has 0 aliphatic heterocycles. The zero-order valence-electron chi connectivity index (χ0n) is 13.4. The molecule has 0 amide bonds. The Hall–Kier alpha value is -1.02. The second-order valence-electron chi connectivity index (χ2n) is 5.92. The molecular formula is C18H30N2. The second kappa shape index (κ2) is 7.68. The van der Waals surface area contributed by atoms with E-state index in [0.717, 1.165) is 19.1 Å². The summed E-state index contributed by atoms with van der Waals surface area (Å²) >= 11 is 0. The molecule has 1 unspecified atom stereocenters. The lowest BCUT2D eigenvalue weighted by Gasteiger charge is -2.37. The number of nitrogens with zero attached hydrogens (tertiary/aromatic N) is 1. The molecular weight excluding hydrogens is 244 g/mol. The molecule has 2 heteroatoms. The molecule has 112 valence electrons. The number of hydrogen-bond donors (Lipinski definition) is 1. The molecule has 0 bridgehead atoms. The van der Waals surface area contributed by atoms with E-state index in [1.54, 1.807) is 0 Å². The van der Waals surface area contributed by atoms with Crippen molar-refractivity contribution in [1.82, 2.24) is 5.32 Å². The quantitative estimate of drug-likeness (QED) is 0.820. The van der Waals surface area contributed by atoms with E-state index < -0.39 is 0 Å². The van der Waals surface area contributed by atoms with Gasteiger partial charge < -0.3 is 10.2 Å². The van der Waals surface area contributed by atoms with E-state index in [0.29, 0.717) is 6.04 Å². The van der Waals surface area contributed by atoms with Crippen molar-refractivity contribution in [3.05, 3.63) is 29.8 Å². The Kier molecular flexibility index (Phi) is 5.90. The standard InChI is InChI=1S/C18H30N2/c1-4-19-15(3)17-13-9-10-14-18(17)20(5-2)16-11-7-6-8-12-16/h9-10,13-16,19H,4-8,11-12H2,1-3H3. The Morgan fingerprint density at radius 1 is 1.15 bits per heavy atom. The molecule has 1 aliphatic rings. The van der Waals surface area contributed by atoms with Gasteiger partial charge in [0, 0.05) is 24.3 Å². The van der Waals surface area contributed by atoms with Gasteiger partial charge in [0.05, 0.1) is 0 Å². The van der Waals surface area contributed by atoms with Gasteiger partial charge in [-0.25, -0.2) is 0 Å². The molecule has 0 heterocycles. The predicted octanol–water partition coefficient (Wildman–Crippen LogP) is 4.52. The van der Waals surface area contributed by atoms with Crippen LogP contribution in [0.1, 0.15) is 64.5 Å². The zero-order chi connectivity index (χ0) is 14.4. The van der Waals surface area contributed by atoms with E-state index in [1.807, 2.05) is 0 Å². The summed E-state index contributed by atoms with van der Waals surface area (Å²) in [4.78, 5) is 2.64. The van der Waals surface area contributed by atoms with E-state index in [4.69, 9.17) is 0 Å². The predicted molar refractivity (Wildman–Crippen MR) is 88.4 cm³/mol. The third-order valence-corrected chi connectivity index (χ3v) is 4.58. The van der Waals surface area contributed by atoms with E-state index in [9.17, 15) is 0 Å². The molecule has 1 aliphatic carbocycles. The van der Waals surface area contributed by atoms with Crippen LogP contribution >= 0.6 is 0 Å². The third-order valence-electron chi connectivity index (χ3n) is 4.58. The molecule has 0 radical (unpaired) electrons. The fraction of sp³-hybridized carbons (Fsp3) is 0.667. The molecule has 0 aromatic heterocycles. The lowest BCUT2D eigenvalue weighted by Crippen LogP contribution is -2.37. The zero-order valence-corrected chi connectivity index (χ0v) is 13.4. The van der Waals surface area contributed by atoms with Gasteiger partial charge in [0.1, 0.15) is 0 Å². The number of anilines is 1. The van der Waals surface area contributed by atoms with Crippen molar-refractivity contribution in [3.8, 4) is 0 Å². The fourth-order valence-electron chi connectivity index (χ4n) is 3.55. The summed E-state index contributed by atoms with van der Waals surface area (Å²) < 4.78 is 0. The molecule has 1 atom stereocenters. The molecule has 1 aromatic carbocycles. The monoisotopic (exact) mass is 274 g/mol. The van der Waals surface area contributed by atoms with Gasteiger partial charge in [-0.05, 0) is 44.9 Å². The SMILES string of the molecule is CCNC(C)c1ccccc1N(CC)C1CCCCC1. The van der Waals surface area contributed by atoms with Crippen molar-refractivity contribution < 1.29 is 0 Å². The van der Waals surface area contributed by atoms with Gasteiger partial charge in [0.2, 0.25) is 0 Å². The summed E-state index contributed by atoms with van der Waals surface area (Å²) in [6.45, 7) is 8.88. The van der Waals surface area contributed by atoms with E-state index >= 15 is 0 Å². The summed E-state index contributed by atoms with van der Waals surface area (Å²) in [7, 11) is 0. The lowest BCUT2D eigenvalue weighted by atomic mass is 9.93. The smallest absolute Gasteiger partial charge is 0.0417 e. The van der Waals surface area contributed by atoms with Crippen molar-refractivity contribution in [2.45, 2.75) is 65.0 Å². The van der Waals surface area contributed by atoms with Crippen LogP contribution in [0.4, 0.5) is 5.69 Å². The number of rotatable bonds is 6. The van der Waals surface area contributed by atoms with E-state index in [1.165, 1.54) is 43.4 Å². The van der Waals surface area contributed by atoms with Gasteiger partial charge >= 0.3 is 0 Å². The maximum atomic E-state index is 3.56. The molecule has 20 heavy (non-hydrogen) atoms. The molecule has 1 aromatic rings. The fourth-order valence-corrected chi connectivity index (χ4v) is 3.55. The average Bonchev–Trinajstić information content (AvgIpc) is 2.50. The Bertz CT molecular complexity index is 396. The first-order valence-corrected chi connectivity index (χ1v) is 8.36. The lowest BCUT2D eigenvalue weighted by molar-refractivity contribution is 0.417. The van der Waals surface area contributed by atoms with Gasteiger partial charge in [0.25, 0.3) is 0 Å². The minimum absolute atomic E-state index is 0.425. The summed E-state index contributed by atoms with van der Waals surface area (Å²) in [6.07, 6.45) is 6.93. The minimum atomic E-state index is 0.425. The Labute approximate surface area is 124 Å².